The average molecular weight is 341 g/mol. The van der Waals surface area contributed by atoms with E-state index in [1.54, 1.807) is 29.3 Å². The standard InChI is InChI=1S/C19H23N3O3/c1-2-5-17(24)22-11-4-7-15(22)19(25)21-12-13-8-9-16(23)18-14(13)6-3-10-20-18/h3,6,8-10,15,23H,2,4-5,7,11-12H2,1H3,(H,21,25). The summed E-state index contributed by atoms with van der Waals surface area (Å²) in [6.45, 7) is 2.96. The molecule has 2 amide bonds. The maximum absolute atomic E-state index is 12.6. The molecule has 1 aromatic carbocycles. The molecule has 0 bridgehead atoms. The van der Waals surface area contributed by atoms with Crippen LogP contribution in [-0.4, -0.2) is 39.4 Å². The molecular weight excluding hydrogens is 318 g/mol. The quantitative estimate of drug-likeness (QED) is 0.874. The summed E-state index contributed by atoms with van der Waals surface area (Å²) in [7, 11) is 0. The predicted molar refractivity (Wildman–Crippen MR) is 94.9 cm³/mol. The first kappa shape index (κ1) is 17.2. The van der Waals surface area contributed by atoms with Crippen molar-refractivity contribution in [2.75, 3.05) is 6.54 Å². The molecule has 25 heavy (non-hydrogen) atoms. The Kier molecular flexibility index (Phi) is 5.16. The first-order valence-electron chi connectivity index (χ1n) is 8.74. The van der Waals surface area contributed by atoms with Gasteiger partial charge in [-0.15, -0.1) is 0 Å². The van der Waals surface area contributed by atoms with Gasteiger partial charge in [-0.2, -0.15) is 0 Å². The molecular formula is C19H23N3O3. The molecule has 132 valence electrons. The zero-order valence-electron chi connectivity index (χ0n) is 14.4. The highest BCUT2D eigenvalue weighted by Crippen LogP contribution is 2.25. The van der Waals surface area contributed by atoms with Crippen LogP contribution < -0.4 is 5.32 Å². The fourth-order valence-electron chi connectivity index (χ4n) is 3.37. The van der Waals surface area contributed by atoms with Gasteiger partial charge in [-0.05, 0) is 37.0 Å². The van der Waals surface area contributed by atoms with Crippen LogP contribution >= 0.6 is 0 Å². The maximum Gasteiger partial charge on any atom is 0.243 e. The number of pyridine rings is 1. The number of amides is 2. The van der Waals surface area contributed by atoms with Crippen molar-refractivity contribution >= 4 is 22.7 Å². The number of phenolic OH excluding ortho intramolecular Hbond substituents is 1. The third-order valence-electron chi connectivity index (χ3n) is 4.63. The third-order valence-corrected chi connectivity index (χ3v) is 4.63. The van der Waals surface area contributed by atoms with E-state index < -0.39 is 0 Å². The number of aromatic hydroxyl groups is 1. The number of hydrogen-bond acceptors (Lipinski definition) is 4. The Hall–Kier alpha value is -2.63. The van der Waals surface area contributed by atoms with E-state index in [-0.39, 0.29) is 23.6 Å². The van der Waals surface area contributed by atoms with Crippen molar-refractivity contribution < 1.29 is 14.7 Å². The van der Waals surface area contributed by atoms with Gasteiger partial charge in [0.1, 0.15) is 17.3 Å². The number of carbonyl (C=O) groups is 2. The van der Waals surface area contributed by atoms with Crippen molar-refractivity contribution in [3.8, 4) is 5.75 Å². The number of hydrogen-bond donors (Lipinski definition) is 2. The lowest BCUT2D eigenvalue weighted by molar-refractivity contribution is -0.138. The number of phenols is 1. The number of nitrogens with zero attached hydrogens (tertiary/aromatic N) is 2. The van der Waals surface area contributed by atoms with Crippen molar-refractivity contribution in [3.63, 3.8) is 0 Å². The zero-order valence-corrected chi connectivity index (χ0v) is 14.4. The van der Waals surface area contributed by atoms with Crippen LogP contribution in [0.3, 0.4) is 0 Å². The average Bonchev–Trinajstić information content (AvgIpc) is 3.11. The molecule has 0 radical (unpaired) electrons. The largest absolute Gasteiger partial charge is 0.506 e. The van der Waals surface area contributed by atoms with Gasteiger partial charge in [-0.1, -0.05) is 19.1 Å². The fraction of sp³-hybridized carbons (Fsp3) is 0.421. The molecule has 1 unspecified atom stereocenters. The van der Waals surface area contributed by atoms with Crippen molar-refractivity contribution in [1.29, 1.82) is 0 Å². The summed E-state index contributed by atoms with van der Waals surface area (Å²) in [5.74, 6) is 0.0595. The molecule has 3 rings (SSSR count). The van der Waals surface area contributed by atoms with Gasteiger partial charge < -0.3 is 15.3 Å². The fourth-order valence-corrected chi connectivity index (χ4v) is 3.37. The molecule has 6 heteroatoms. The molecule has 1 aliphatic rings. The Morgan fingerprint density at radius 3 is 3.00 bits per heavy atom. The molecule has 1 saturated heterocycles. The third kappa shape index (κ3) is 3.57. The highest BCUT2D eigenvalue weighted by atomic mass is 16.3. The second-order valence-corrected chi connectivity index (χ2v) is 6.36. The SMILES string of the molecule is CCCC(=O)N1CCCC1C(=O)NCc1ccc(O)c2ncccc12. The smallest absolute Gasteiger partial charge is 0.243 e. The number of fused-ring (bicyclic) bond motifs is 1. The summed E-state index contributed by atoms with van der Waals surface area (Å²) in [4.78, 5) is 30.6. The van der Waals surface area contributed by atoms with E-state index >= 15 is 0 Å². The molecule has 2 aromatic rings. The summed E-state index contributed by atoms with van der Waals surface area (Å²) < 4.78 is 0. The van der Waals surface area contributed by atoms with Gasteiger partial charge in [-0.25, -0.2) is 0 Å². The van der Waals surface area contributed by atoms with Crippen LogP contribution in [0.4, 0.5) is 0 Å². The van der Waals surface area contributed by atoms with E-state index in [1.165, 1.54) is 0 Å². The van der Waals surface area contributed by atoms with Crippen LogP contribution in [0.1, 0.15) is 38.2 Å². The Labute approximate surface area is 146 Å². The lowest BCUT2D eigenvalue weighted by Crippen LogP contribution is -2.45. The Bertz CT molecular complexity index is 791. The summed E-state index contributed by atoms with van der Waals surface area (Å²) in [6, 6.07) is 6.67. The van der Waals surface area contributed by atoms with Gasteiger partial charge in [0.15, 0.2) is 0 Å². The van der Waals surface area contributed by atoms with E-state index in [9.17, 15) is 14.7 Å². The summed E-state index contributed by atoms with van der Waals surface area (Å²) in [5, 5.41) is 13.6. The monoisotopic (exact) mass is 341 g/mol. The van der Waals surface area contributed by atoms with Crippen molar-refractivity contribution in [2.24, 2.45) is 0 Å². The van der Waals surface area contributed by atoms with E-state index in [4.69, 9.17) is 0 Å². The number of benzene rings is 1. The molecule has 1 aliphatic heterocycles. The van der Waals surface area contributed by atoms with Crippen LogP contribution in [0.2, 0.25) is 0 Å². The van der Waals surface area contributed by atoms with Crippen LogP contribution in [0.25, 0.3) is 10.9 Å². The maximum atomic E-state index is 12.6. The highest BCUT2D eigenvalue weighted by Gasteiger charge is 2.33. The highest BCUT2D eigenvalue weighted by molar-refractivity contribution is 5.90. The van der Waals surface area contributed by atoms with Crippen LogP contribution in [0, 0.1) is 0 Å². The van der Waals surface area contributed by atoms with E-state index in [2.05, 4.69) is 10.3 Å². The van der Waals surface area contributed by atoms with Crippen LogP contribution in [0.15, 0.2) is 30.5 Å². The summed E-state index contributed by atoms with van der Waals surface area (Å²) in [5.41, 5.74) is 1.41. The second kappa shape index (κ2) is 7.51. The Morgan fingerprint density at radius 2 is 2.20 bits per heavy atom. The van der Waals surface area contributed by atoms with Gasteiger partial charge in [0.25, 0.3) is 0 Å². The van der Waals surface area contributed by atoms with Gasteiger partial charge in [0, 0.05) is 31.1 Å². The minimum Gasteiger partial charge on any atom is -0.506 e. The zero-order chi connectivity index (χ0) is 17.8. The number of rotatable bonds is 5. The van der Waals surface area contributed by atoms with Crippen molar-refractivity contribution in [3.05, 3.63) is 36.0 Å². The predicted octanol–water partition coefficient (Wildman–Crippen LogP) is 2.35. The molecule has 0 aliphatic carbocycles. The van der Waals surface area contributed by atoms with Crippen molar-refractivity contribution in [1.82, 2.24) is 15.2 Å². The number of aromatic nitrogens is 1. The topological polar surface area (TPSA) is 82.5 Å². The van der Waals surface area contributed by atoms with Crippen LogP contribution in [0.5, 0.6) is 5.75 Å². The van der Waals surface area contributed by atoms with E-state index in [0.29, 0.717) is 31.4 Å². The number of nitrogens with one attached hydrogen (secondary N) is 1. The van der Waals surface area contributed by atoms with E-state index in [1.807, 2.05) is 13.0 Å². The molecule has 0 saturated carbocycles. The summed E-state index contributed by atoms with van der Waals surface area (Å²) in [6.07, 6.45) is 4.47. The minimum absolute atomic E-state index is 0.0550. The molecule has 1 aromatic heterocycles. The van der Waals surface area contributed by atoms with Gasteiger partial charge in [0.05, 0.1) is 0 Å². The van der Waals surface area contributed by atoms with Crippen molar-refractivity contribution in [2.45, 2.75) is 45.2 Å². The van der Waals surface area contributed by atoms with Gasteiger partial charge >= 0.3 is 0 Å². The first-order valence-corrected chi connectivity index (χ1v) is 8.74. The normalized spacial score (nSPS) is 17.0. The Balaban J connectivity index is 1.70. The van der Waals surface area contributed by atoms with E-state index in [0.717, 1.165) is 23.8 Å². The lowest BCUT2D eigenvalue weighted by Gasteiger charge is -2.24. The second-order valence-electron chi connectivity index (χ2n) is 6.36. The van der Waals surface area contributed by atoms with Gasteiger partial charge in [-0.3, -0.25) is 14.6 Å². The first-order chi connectivity index (χ1) is 12.1. The Morgan fingerprint density at radius 1 is 1.36 bits per heavy atom. The minimum atomic E-state index is -0.374. The van der Waals surface area contributed by atoms with Crippen LogP contribution in [-0.2, 0) is 16.1 Å². The molecule has 6 nitrogen and oxygen atoms in total. The number of likely N-dealkylation sites (tertiary alicyclic amines) is 1. The summed E-state index contributed by atoms with van der Waals surface area (Å²) >= 11 is 0. The molecule has 0 spiro atoms. The lowest BCUT2D eigenvalue weighted by atomic mass is 10.1. The molecule has 2 N–H and O–H groups in total. The number of carbonyl (C=O) groups excluding carboxylic acids is 2. The van der Waals surface area contributed by atoms with Gasteiger partial charge in [0.2, 0.25) is 11.8 Å². The molecule has 1 fully saturated rings. The molecule has 1 atom stereocenters. The molecule has 2 heterocycles.